The Morgan fingerprint density at radius 3 is 2.12 bits per heavy atom. The van der Waals surface area contributed by atoms with Crippen molar-refractivity contribution < 1.29 is 0 Å². The molecule has 0 radical (unpaired) electrons. The Bertz CT molecular complexity index is 174. The lowest BCUT2D eigenvalue weighted by molar-refractivity contribution is 0.215. The standard InChI is InChI=1S/C15H34N2/c1-6-14(7-2)12-17(8-3)11-9-10-15(4,5)13-16/h14H,6-13,16H2,1-5H3. The van der Waals surface area contributed by atoms with E-state index in [0.717, 1.165) is 12.5 Å². The van der Waals surface area contributed by atoms with Crippen molar-refractivity contribution in [2.24, 2.45) is 17.1 Å². The van der Waals surface area contributed by atoms with Gasteiger partial charge in [0.1, 0.15) is 0 Å². The molecule has 0 aromatic heterocycles. The normalized spacial score (nSPS) is 12.7. The van der Waals surface area contributed by atoms with Crippen molar-refractivity contribution in [3.05, 3.63) is 0 Å². The van der Waals surface area contributed by atoms with Gasteiger partial charge in [0.25, 0.3) is 0 Å². The molecule has 0 rings (SSSR count). The summed E-state index contributed by atoms with van der Waals surface area (Å²) in [6.07, 6.45) is 5.13. The molecule has 0 aromatic carbocycles. The minimum absolute atomic E-state index is 0.314. The molecule has 2 heteroatoms. The molecule has 0 amide bonds. The average Bonchev–Trinajstić information content (AvgIpc) is 2.33. The highest BCUT2D eigenvalue weighted by atomic mass is 15.1. The van der Waals surface area contributed by atoms with Crippen LogP contribution in [0, 0.1) is 11.3 Å². The molecule has 0 unspecified atom stereocenters. The summed E-state index contributed by atoms with van der Waals surface area (Å²) in [4.78, 5) is 2.60. The van der Waals surface area contributed by atoms with Crippen LogP contribution in [-0.2, 0) is 0 Å². The second-order valence-corrected chi connectivity index (χ2v) is 6.05. The second-order valence-electron chi connectivity index (χ2n) is 6.05. The average molecular weight is 242 g/mol. The Balaban J connectivity index is 3.90. The van der Waals surface area contributed by atoms with Crippen molar-refractivity contribution in [3.63, 3.8) is 0 Å². The quantitative estimate of drug-likeness (QED) is 0.635. The molecule has 0 aliphatic rings. The molecule has 0 aliphatic carbocycles. The van der Waals surface area contributed by atoms with Crippen LogP contribution in [-0.4, -0.2) is 31.1 Å². The first-order chi connectivity index (χ1) is 7.99. The lowest BCUT2D eigenvalue weighted by Crippen LogP contribution is -2.31. The Labute approximate surface area is 109 Å². The first-order valence-electron chi connectivity index (χ1n) is 7.41. The van der Waals surface area contributed by atoms with Crippen molar-refractivity contribution in [3.8, 4) is 0 Å². The Morgan fingerprint density at radius 2 is 1.71 bits per heavy atom. The van der Waals surface area contributed by atoms with Gasteiger partial charge in [0.15, 0.2) is 0 Å². The van der Waals surface area contributed by atoms with Crippen molar-refractivity contribution in [2.45, 2.75) is 60.3 Å². The number of nitrogens with zero attached hydrogens (tertiary/aromatic N) is 1. The maximum absolute atomic E-state index is 5.77. The van der Waals surface area contributed by atoms with E-state index in [2.05, 4.69) is 39.5 Å². The maximum Gasteiger partial charge on any atom is 0.000934 e. The fraction of sp³-hybridized carbons (Fsp3) is 1.00. The third-order valence-corrected chi connectivity index (χ3v) is 4.00. The lowest BCUT2D eigenvalue weighted by Gasteiger charge is -2.27. The Hall–Kier alpha value is -0.0800. The molecule has 104 valence electrons. The number of hydrogen-bond acceptors (Lipinski definition) is 2. The molecule has 2 nitrogen and oxygen atoms in total. The molecule has 0 aromatic rings. The van der Waals surface area contributed by atoms with Gasteiger partial charge in [0.2, 0.25) is 0 Å². The highest BCUT2D eigenvalue weighted by molar-refractivity contribution is 4.71. The summed E-state index contributed by atoms with van der Waals surface area (Å²) in [6.45, 7) is 15.9. The summed E-state index contributed by atoms with van der Waals surface area (Å²) in [5.74, 6) is 0.873. The van der Waals surface area contributed by atoms with Crippen LogP contribution in [0.4, 0.5) is 0 Å². The van der Waals surface area contributed by atoms with Crippen LogP contribution in [0.1, 0.15) is 60.3 Å². The maximum atomic E-state index is 5.77. The number of rotatable bonds is 10. The van der Waals surface area contributed by atoms with E-state index in [4.69, 9.17) is 5.73 Å². The number of hydrogen-bond donors (Lipinski definition) is 1. The number of nitrogens with two attached hydrogens (primary N) is 1. The third-order valence-electron chi connectivity index (χ3n) is 4.00. The predicted octanol–water partition coefficient (Wildman–Crippen LogP) is 3.51. The van der Waals surface area contributed by atoms with Gasteiger partial charge in [-0.15, -0.1) is 0 Å². The van der Waals surface area contributed by atoms with Crippen molar-refractivity contribution in [2.75, 3.05) is 26.2 Å². The third kappa shape index (κ3) is 7.77. The highest BCUT2D eigenvalue weighted by Gasteiger charge is 2.16. The van der Waals surface area contributed by atoms with Crippen molar-refractivity contribution >= 4 is 0 Å². The van der Waals surface area contributed by atoms with Gasteiger partial charge in [-0.05, 0) is 43.8 Å². The fourth-order valence-corrected chi connectivity index (χ4v) is 2.17. The first kappa shape index (κ1) is 16.9. The van der Waals surface area contributed by atoms with E-state index in [0.29, 0.717) is 5.41 Å². The van der Waals surface area contributed by atoms with Crippen molar-refractivity contribution in [1.82, 2.24) is 4.90 Å². The summed E-state index contributed by atoms with van der Waals surface area (Å²) < 4.78 is 0. The summed E-state index contributed by atoms with van der Waals surface area (Å²) in [7, 11) is 0. The monoisotopic (exact) mass is 242 g/mol. The molecule has 17 heavy (non-hydrogen) atoms. The first-order valence-corrected chi connectivity index (χ1v) is 7.41. The van der Waals surface area contributed by atoms with E-state index in [-0.39, 0.29) is 0 Å². The summed E-state index contributed by atoms with van der Waals surface area (Å²) in [5, 5.41) is 0. The van der Waals surface area contributed by atoms with Gasteiger partial charge in [0, 0.05) is 6.54 Å². The summed E-state index contributed by atoms with van der Waals surface area (Å²) in [6, 6.07) is 0. The Kier molecular flexibility index (Phi) is 8.89. The molecule has 0 saturated heterocycles. The molecular weight excluding hydrogens is 208 g/mol. The lowest BCUT2D eigenvalue weighted by atomic mass is 9.88. The van der Waals surface area contributed by atoms with Crippen LogP contribution in [0.15, 0.2) is 0 Å². The topological polar surface area (TPSA) is 29.3 Å². The van der Waals surface area contributed by atoms with Gasteiger partial charge in [-0.1, -0.05) is 47.5 Å². The van der Waals surface area contributed by atoms with Crippen LogP contribution in [0.5, 0.6) is 0 Å². The smallest absolute Gasteiger partial charge is 0.000934 e. The minimum Gasteiger partial charge on any atom is -0.330 e. The van der Waals surface area contributed by atoms with Gasteiger partial charge in [-0.3, -0.25) is 0 Å². The van der Waals surface area contributed by atoms with Gasteiger partial charge >= 0.3 is 0 Å². The SMILES string of the molecule is CCC(CC)CN(CC)CCCC(C)(C)CN. The van der Waals surface area contributed by atoms with E-state index >= 15 is 0 Å². The highest BCUT2D eigenvalue weighted by Crippen LogP contribution is 2.20. The zero-order chi connectivity index (χ0) is 13.3. The van der Waals surface area contributed by atoms with E-state index in [1.54, 1.807) is 0 Å². The van der Waals surface area contributed by atoms with E-state index in [1.807, 2.05) is 0 Å². The predicted molar refractivity (Wildman–Crippen MR) is 78.3 cm³/mol. The van der Waals surface area contributed by atoms with Crippen LogP contribution in [0.2, 0.25) is 0 Å². The molecule has 0 spiro atoms. The van der Waals surface area contributed by atoms with Crippen LogP contribution in [0.3, 0.4) is 0 Å². The largest absolute Gasteiger partial charge is 0.330 e. The molecule has 2 N–H and O–H groups in total. The molecular formula is C15H34N2. The summed E-state index contributed by atoms with van der Waals surface area (Å²) >= 11 is 0. The van der Waals surface area contributed by atoms with Gasteiger partial charge in [0.05, 0.1) is 0 Å². The van der Waals surface area contributed by atoms with Gasteiger partial charge < -0.3 is 10.6 Å². The van der Waals surface area contributed by atoms with Gasteiger partial charge in [-0.25, -0.2) is 0 Å². The fourth-order valence-electron chi connectivity index (χ4n) is 2.17. The van der Waals surface area contributed by atoms with E-state index < -0.39 is 0 Å². The van der Waals surface area contributed by atoms with Crippen LogP contribution in [0.25, 0.3) is 0 Å². The van der Waals surface area contributed by atoms with Crippen LogP contribution >= 0.6 is 0 Å². The molecule has 0 aliphatic heterocycles. The van der Waals surface area contributed by atoms with Crippen LogP contribution < -0.4 is 5.73 Å². The Morgan fingerprint density at radius 1 is 1.12 bits per heavy atom. The van der Waals surface area contributed by atoms with Crippen molar-refractivity contribution in [1.29, 1.82) is 0 Å². The second kappa shape index (κ2) is 8.93. The molecule has 0 bridgehead atoms. The minimum atomic E-state index is 0.314. The molecule has 0 saturated carbocycles. The zero-order valence-corrected chi connectivity index (χ0v) is 12.8. The zero-order valence-electron chi connectivity index (χ0n) is 12.8. The molecule has 0 fully saturated rings. The molecule has 0 atom stereocenters. The van der Waals surface area contributed by atoms with E-state index in [1.165, 1.54) is 45.3 Å². The molecule has 0 heterocycles. The summed E-state index contributed by atoms with van der Waals surface area (Å²) in [5.41, 5.74) is 6.08. The van der Waals surface area contributed by atoms with Gasteiger partial charge in [-0.2, -0.15) is 0 Å². The van der Waals surface area contributed by atoms with E-state index in [9.17, 15) is 0 Å².